The quantitative estimate of drug-likeness (QED) is 0.942. The number of nitrogens with one attached hydrogen (secondary N) is 1. The number of morpholine rings is 1. The summed E-state index contributed by atoms with van der Waals surface area (Å²) in [6.07, 6.45) is 2.08. The van der Waals surface area contributed by atoms with E-state index in [0.717, 1.165) is 10.9 Å². The number of nitrogens with zero attached hydrogens (tertiary/aromatic N) is 2. The van der Waals surface area contributed by atoms with Crippen molar-refractivity contribution in [3.8, 4) is 6.07 Å². The molecule has 1 aromatic heterocycles. The molecule has 114 valence electrons. The first-order valence-electron chi connectivity index (χ1n) is 7.19. The highest BCUT2D eigenvalue weighted by atomic mass is 19.1. The summed E-state index contributed by atoms with van der Waals surface area (Å²) in [5.74, 6) is -0.309. The Bertz CT molecular complexity index is 735. The summed E-state index contributed by atoms with van der Waals surface area (Å²) in [5.41, 5.74) is 1.54. The Morgan fingerprint density at radius 3 is 3.23 bits per heavy atom. The number of aromatic nitrogens is 1. The molecule has 1 saturated heterocycles. The molecule has 0 radical (unpaired) electrons. The van der Waals surface area contributed by atoms with Crippen LogP contribution in [0, 0.1) is 17.1 Å². The van der Waals surface area contributed by atoms with E-state index >= 15 is 0 Å². The zero-order chi connectivity index (χ0) is 15.5. The lowest BCUT2D eigenvalue weighted by molar-refractivity contribution is -0.137. The summed E-state index contributed by atoms with van der Waals surface area (Å²) in [6, 6.07) is 6.56. The first kappa shape index (κ1) is 14.5. The molecule has 5 nitrogen and oxygen atoms in total. The lowest BCUT2D eigenvalue weighted by Gasteiger charge is -2.32. The van der Waals surface area contributed by atoms with Crippen LogP contribution in [0.5, 0.6) is 0 Å². The average Bonchev–Trinajstić information content (AvgIpc) is 2.90. The third-order valence-electron chi connectivity index (χ3n) is 3.88. The fraction of sp³-hybridized carbons (Fsp3) is 0.375. The van der Waals surface area contributed by atoms with Crippen LogP contribution in [-0.4, -0.2) is 41.6 Å². The smallest absolute Gasteiger partial charge is 0.227 e. The first-order chi connectivity index (χ1) is 10.7. The van der Waals surface area contributed by atoms with E-state index < -0.39 is 0 Å². The van der Waals surface area contributed by atoms with Crippen LogP contribution in [-0.2, 0) is 16.0 Å². The Kier molecular flexibility index (Phi) is 4.07. The van der Waals surface area contributed by atoms with E-state index in [-0.39, 0.29) is 30.7 Å². The molecule has 2 aromatic rings. The number of ether oxygens (including phenoxy) is 1. The van der Waals surface area contributed by atoms with Crippen molar-refractivity contribution in [3.63, 3.8) is 0 Å². The third-order valence-corrected chi connectivity index (χ3v) is 3.88. The van der Waals surface area contributed by atoms with Crippen LogP contribution in [0.2, 0.25) is 0 Å². The van der Waals surface area contributed by atoms with E-state index in [9.17, 15) is 9.18 Å². The number of benzene rings is 1. The molecule has 0 unspecified atom stereocenters. The van der Waals surface area contributed by atoms with Crippen molar-refractivity contribution >= 4 is 16.8 Å². The molecule has 2 heterocycles. The lowest BCUT2D eigenvalue weighted by atomic mass is 10.1. The second kappa shape index (κ2) is 6.16. The monoisotopic (exact) mass is 301 g/mol. The third kappa shape index (κ3) is 2.95. The Morgan fingerprint density at radius 1 is 1.55 bits per heavy atom. The molecule has 0 bridgehead atoms. The fourth-order valence-corrected chi connectivity index (χ4v) is 2.75. The molecule has 1 aromatic carbocycles. The minimum atomic E-state index is -0.306. The van der Waals surface area contributed by atoms with Gasteiger partial charge in [-0.3, -0.25) is 4.79 Å². The standard InChI is InChI=1S/C16H16FN3O2/c17-12-1-2-14-11(9-19-15(14)8-12)7-16(21)20-5-6-22-13(10-20)3-4-18/h1-2,8-9,13,19H,3,5-7,10H2/t13-/m0/s1. The van der Waals surface area contributed by atoms with E-state index in [0.29, 0.717) is 25.2 Å². The number of nitriles is 1. The summed E-state index contributed by atoms with van der Waals surface area (Å²) >= 11 is 0. The molecule has 0 spiro atoms. The minimum absolute atomic E-state index is 0.00327. The molecule has 1 amide bonds. The van der Waals surface area contributed by atoms with Crippen LogP contribution in [0.15, 0.2) is 24.4 Å². The zero-order valence-electron chi connectivity index (χ0n) is 12.0. The van der Waals surface area contributed by atoms with Gasteiger partial charge < -0.3 is 14.6 Å². The van der Waals surface area contributed by atoms with E-state index in [1.807, 2.05) is 0 Å². The molecule has 22 heavy (non-hydrogen) atoms. The molecule has 3 rings (SSSR count). The summed E-state index contributed by atoms with van der Waals surface area (Å²) in [7, 11) is 0. The SMILES string of the molecule is N#CC[C@H]1CN(C(=O)Cc2c[nH]c3cc(F)ccc23)CCO1. The Morgan fingerprint density at radius 2 is 2.41 bits per heavy atom. The number of carbonyl (C=O) groups is 1. The highest BCUT2D eigenvalue weighted by molar-refractivity contribution is 5.89. The minimum Gasteiger partial charge on any atom is -0.373 e. The molecule has 1 aliphatic rings. The summed E-state index contributed by atoms with van der Waals surface area (Å²) in [6.45, 7) is 1.44. The predicted octanol–water partition coefficient (Wildman–Crippen LogP) is 1.99. The zero-order valence-corrected chi connectivity index (χ0v) is 12.0. The first-order valence-corrected chi connectivity index (χ1v) is 7.19. The van der Waals surface area contributed by atoms with Crippen molar-refractivity contribution in [2.45, 2.75) is 18.9 Å². The van der Waals surface area contributed by atoms with Crippen LogP contribution in [0.4, 0.5) is 4.39 Å². The summed E-state index contributed by atoms with van der Waals surface area (Å²) < 4.78 is 18.6. The molecular weight excluding hydrogens is 285 g/mol. The van der Waals surface area contributed by atoms with E-state index in [1.54, 1.807) is 17.2 Å². The van der Waals surface area contributed by atoms with Crippen LogP contribution in [0.1, 0.15) is 12.0 Å². The second-order valence-electron chi connectivity index (χ2n) is 5.38. The number of aromatic amines is 1. The van der Waals surface area contributed by atoms with Gasteiger partial charge in [-0.2, -0.15) is 5.26 Å². The molecule has 0 saturated carbocycles. The van der Waals surface area contributed by atoms with Crippen molar-refractivity contribution in [3.05, 3.63) is 35.8 Å². The van der Waals surface area contributed by atoms with E-state index in [1.165, 1.54) is 12.1 Å². The van der Waals surface area contributed by atoms with Crippen molar-refractivity contribution in [2.75, 3.05) is 19.7 Å². The van der Waals surface area contributed by atoms with Gasteiger partial charge in [-0.25, -0.2) is 4.39 Å². The summed E-state index contributed by atoms with van der Waals surface area (Å²) in [4.78, 5) is 17.1. The van der Waals surface area contributed by atoms with Crippen molar-refractivity contribution in [1.29, 1.82) is 5.26 Å². The predicted molar refractivity (Wildman–Crippen MR) is 78.5 cm³/mol. The topological polar surface area (TPSA) is 69.1 Å². The molecule has 6 heteroatoms. The Labute approximate surface area is 127 Å². The Balaban J connectivity index is 1.71. The second-order valence-corrected chi connectivity index (χ2v) is 5.38. The van der Waals surface area contributed by atoms with Crippen LogP contribution in [0.25, 0.3) is 10.9 Å². The highest BCUT2D eigenvalue weighted by Crippen LogP contribution is 2.20. The number of hydrogen-bond acceptors (Lipinski definition) is 3. The largest absolute Gasteiger partial charge is 0.373 e. The normalized spacial score (nSPS) is 18.4. The van der Waals surface area contributed by atoms with E-state index in [2.05, 4.69) is 11.1 Å². The van der Waals surface area contributed by atoms with Crippen molar-refractivity contribution < 1.29 is 13.9 Å². The van der Waals surface area contributed by atoms with Gasteiger partial charge in [0, 0.05) is 30.2 Å². The van der Waals surface area contributed by atoms with Crippen LogP contribution >= 0.6 is 0 Å². The molecule has 0 aliphatic carbocycles. The lowest BCUT2D eigenvalue weighted by Crippen LogP contribution is -2.46. The molecule has 1 N–H and O–H groups in total. The number of hydrogen-bond donors (Lipinski definition) is 1. The fourth-order valence-electron chi connectivity index (χ4n) is 2.75. The van der Waals surface area contributed by atoms with Gasteiger partial charge >= 0.3 is 0 Å². The van der Waals surface area contributed by atoms with Crippen molar-refractivity contribution in [2.24, 2.45) is 0 Å². The van der Waals surface area contributed by atoms with E-state index in [4.69, 9.17) is 10.00 Å². The maximum absolute atomic E-state index is 13.2. The number of fused-ring (bicyclic) bond motifs is 1. The number of halogens is 1. The molecule has 1 aliphatic heterocycles. The van der Waals surface area contributed by atoms with Gasteiger partial charge in [-0.15, -0.1) is 0 Å². The van der Waals surface area contributed by atoms with Crippen LogP contribution in [0.3, 0.4) is 0 Å². The molecule has 1 fully saturated rings. The molecular formula is C16H16FN3O2. The number of amides is 1. The summed E-state index contributed by atoms with van der Waals surface area (Å²) in [5, 5.41) is 9.58. The van der Waals surface area contributed by atoms with Crippen molar-refractivity contribution in [1.82, 2.24) is 9.88 Å². The number of H-pyrrole nitrogens is 1. The maximum atomic E-state index is 13.2. The maximum Gasteiger partial charge on any atom is 0.227 e. The number of carbonyl (C=O) groups excluding carboxylic acids is 1. The van der Waals surface area contributed by atoms with Crippen LogP contribution < -0.4 is 0 Å². The van der Waals surface area contributed by atoms with Gasteiger partial charge in [-0.1, -0.05) is 0 Å². The molecule has 1 atom stereocenters. The Hall–Kier alpha value is -2.39. The average molecular weight is 301 g/mol. The van der Waals surface area contributed by atoms with Gasteiger partial charge in [0.05, 0.1) is 31.6 Å². The van der Waals surface area contributed by atoms with Gasteiger partial charge in [-0.05, 0) is 23.8 Å². The highest BCUT2D eigenvalue weighted by Gasteiger charge is 2.24. The van der Waals surface area contributed by atoms with Gasteiger partial charge in [0.1, 0.15) is 5.82 Å². The van der Waals surface area contributed by atoms with Gasteiger partial charge in [0.25, 0.3) is 0 Å². The number of rotatable bonds is 3. The van der Waals surface area contributed by atoms with Gasteiger partial charge in [0.15, 0.2) is 0 Å². The van der Waals surface area contributed by atoms with Gasteiger partial charge in [0.2, 0.25) is 5.91 Å².